The molecule has 2 aromatic rings. The van der Waals surface area contributed by atoms with Gasteiger partial charge in [-0.15, -0.1) is 0 Å². The molecule has 0 unspecified atom stereocenters. The lowest BCUT2D eigenvalue weighted by atomic mass is 10.3. The lowest BCUT2D eigenvalue weighted by Crippen LogP contribution is -2.16. The van der Waals surface area contributed by atoms with Crippen LogP contribution in [0.25, 0.3) is 5.69 Å². The fourth-order valence-corrected chi connectivity index (χ4v) is 2.49. The van der Waals surface area contributed by atoms with E-state index in [-0.39, 0.29) is 4.90 Å². The molecule has 1 aromatic heterocycles. The number of rotatable bonds is 4. The molecule has 0 aliphatic rings. The SMILES string of the molecule is NCCc1nccn1-c1ccccc1S(N)(=O)=O. The highest BCUT2D eigenvalue weighted by molar-refractivity contribution is 7.89. The minimum Gasteiger partial charge on any atom is -0.330 e. The number of aromatic nitrogens is 2. The van der Waals surface area contributed by atoms with Crippen molar-refractivity contribution in [3.63, 3.8) is 0 Å². The molecule has 2 rings (SSSR count). The molecule has 1 aromatic carbocycles. The predicted molar refractivity (Wildman–Crippen MR) is 67.7 cm³/mol. The standard InChI is InChI=1S/C11H14N4O2S/c12-6-5-11-14-7-8-15(11)9-3-1-2-4-10(9)18(13,16)17/h1-4,7-8H,5-6,12H2,(H2,13,16,17). The molecule has 0 saturated carbocycles. The Morgan fingerprint density at radius 1 is 1.28 bits per heavy atom. The van der Waals surface area contributed by atoms with E-state index in [1.165, 1.54) is 6.07 Å². The lowest BCUT2D eigenvalue weighted by molar-refractivity contribution is 0.597. The summed E-state index contributed by atoms with van der Waals surface area (Å²) >= 11 is 0. The Bertz CT molecular complexity index is 649. The van der Waals surface area contributed by atoms with Crippen LogP contribution in [0.1, 0.15) is 5.82 Å². The van der Waals surface area contributed by atoms with Crippen molar-refractivity contribution < 1.29 is 8.42 Å². The number of nitrogens with zero attached hydrogens (tertiary/aromatic N) is 2. The second-order valence-electron chi connectivity index (χ2n) is 3.76. The first-order valence-corrected chi connectivity index (χ1v) is 6.93. The van der Waals surface area contributed by atoms with Crippen molar-refractivity contribution in [3.8, 4) is 5.69 Å². The van der Waals surface area contributed by atoms with Crippen LogP contribution in [0.4, 0.5) is 0 Å². The highest BCUT2D eigenvalue weighted by Crippen LogP contribution is 2.19. The monoisotopic (exact) mass is 266 g/mol. The molecule has 0 atom stereocenters. The zero-order chi connectivity index (χ0) is 13.2. The summed E-state index contributed by atoms with van der Waals surface area (Å²) < 4.78 is 24.8. The summed E-state index contributed by atoms with van der Waals surface area (Å²) in [7, 11) is -3.77. The molecule has 0 aliphatic heterocycles. The summed E-state index contributed by atoms with van der Waals surface area (Å²) in [4.78, 5) is 4.22. The molecule has 1 heterocycles. The summed E-state index contributed by atoms with van der Waals surface area (Å²) in [5, 5.41) is 5.20. The zero-order valence-electron chi connectivity index (χ0n) is 9.65. The van der Waals surface area contributed by atoms with Crippen LogP contribution in [0.3, 0.4) is 0 Å². The van der Waals surface area contributed by atoms with Gasteiger partial charge >= 0.3 is 0 Å². The van der Waals surface area contributed by atoms with Gasteiger partial charge in [0.2, 0.25) is 10.0 Å². The summed E-state index contributed by atoms with van der Waals surface area (Å²) in [6.07, 6.45) is 3.85. The van der Waals surface area contributed by atoms with Crippen molar-refractivity contribution in [1.29, 1.82) is 0 Å². The normalized spacial score (nSPS) is 11.7. The summed E-state index contributed by atoms with van der Waals surface area (Å²) in [5.41, 5.74) is 5.98. The number of imidazole rings is 1. The van der Waals surface area contributed by atoms with Gasteiger partial charge in [0.1, 0.15) is 10.7 Å². The molecule has 6 nitrogen and oxygen atoms in total. The predicted octanol–water partition coefficient (Wildman–Crippen LogP) is 0.0209. The Morgan fingerprint density at radius 2 is 2.00 bits per heavy atom. The van der Waals surface area contributed by atoms with Gasteiger partial charge in [-0.2, -0.15) is 0 Å². The van der Waals surface area contributed by atoms with E-state index in [4.69, 9.17) is 10.9 Å². The first-order valence-electron chi connectivity index (χ1n) is 5.38. The van der Waals surface area contributed by atoms with Crippen LogP contribution in [0, 0.1) is 0 Å². The number of hydrogen-bond acceptors (Lipinski definition) is 4. The fraction of sp³-hybridized carbons (Fsp3) is 0.182. The number of primary sulfonamides is 1. The van der Waals surface area contributed by atoms with Crippen LogP contribution in [0.5, 0.6) is 0 Å². The smallest absolute Gasteiger partial charge is 0.240 e. The van der Waals surface area contributed by atoms with Gasteiger partial charge in [-0.05, 0) is 18.7 Å². The van der Waals surface area contributed by atoms with E-state index in [9.17, 15) is 8.42 Å². The third kappa shape index (κ3) is 2.42. The van der Waals surface area contributed by atoms with Crippen molar-refractivity contribution >= 4 is 10.0 Å². The molecule has 0 amide bonds. The van der Waals surface area contributed by atoms with Gasteiger partial charge < -0.3 is 10.3 Å². The van der Waals surface area contributed by atoms with Crippen molar-refractivity contribution in [1.82, 2.24) is 9.55 Å². The molecule has 0 bridgehead atoms. The van der Waals surface area contributed by atoms with E-state index in [1.807, 2.05) is 0 Å². The first-order chi connectivity index (χ1) is 8.54. The molecular formula is C11H14N4O2S. The minimum atomic E-state index is -3.77. The van der Waals surface area contributed by atoms with Crippen molar-refractivity contribution in [2.24, 2.45) is 10.9 Å². The van der Waals surface area contributed by atoms with Gasteiger partial charge in [0.15, 0.2) is 0 Å². The second-order valence-corrected chi connectivity index (χ2v) is 5.29. The topological polar surface area (TPSA) is 104 Å². The summed E-state index contributed by atoms with van der Waals surface area (Å²) in [6.45, 7) is 0.439. The Hall–Kier alpha value is -1.70. The van der Waals surface area contributed by atoms with Crippen LogP contribution in [-0.2, 0) is 16.4 Å². The lowest BCUT2D eigenvalue weighted by Gasteiger charge is -2.11. The minimum absolute atomic E-state index is 0.0706. The van der Waals surface area contributed by atoms with Crippen LogP contribution in [0.15, 0.2) is 41.6 Å². The molecule has 18 heavy (non-hydrogen) atoms. The van der Waals surface area contributed by atoms with E-state index in [0.717, 1.165) is 0 Å². The maximum atomic E-state index is 11.5. The fourth-order valence-electron chi connectivity index (χ4n) is 1.76. The molecular weight excluding hydrogens is 252 g/mol. The number of benzene rings is 1. The molecule has 0 aliphatic carbocycles. The summed E-state index contributed by atoms with van der Waals surface area (Å²) in [6, 6.07) is 6.53. The van der Waals surface area contributed by atoms with Crippen LogP contribution < -0.4 is 10.9 Å². The third-order valence-corrected chi connectivity index (χ3v) is 3.47. The van der Waals surface area contributed by atoms with Gasteiger partial charge in [0, 0.05) is 18.8 Å². The van der Waals surface area contributed by atoms with Crippen molar-refractivity contribution in [3.05, 3.63) is 42.5 Å². The first kappa shape index (κ1) is 12.7. The quantitative estimate of drug-likeness (QED) is 0.814. The maximum absolute atomic E-state index is 11.5. The van der Waals surface area contributed by atoms with E-state index >= 15 is 0 Å². The molecule has 96 valence electrons. The van der Waals surface area contributed by atoms with Crippen molar-refractivity contribution in [2.45, 2.75) is 11.3 Å². The van der Waals surface area contributed by atoms with Crippen LogP contribution in [-0.4, -0.2) is 24.5 Å². The van der Waals surface area contributed by atoms with Gasteiger partial charge in [-0.25, -0.2) is 18.5 Å². The number of para-hydroxylation sites is 1. The van der Waals surface area contributed by atoms with E-state index < -0.39 is 10.0 Å². The van der Waals surface area contributed by atoms with Gasteiger partial charge in [-0.1, -0.05) is 12.1 Å². The van der Waals surface area contributed by atoms with Crippen LogP contribution >= 0.6 is 0 Å². The molecule has 7 heteroatoms. The van der Waals surface area contributed by atoms with Gasteiger partial charge in [0.05, 0.1) is 5.69 Å². The van der Waals surface area contributed by atoms with E-state index in [2.05, 4.69) is 4.98 Å². The number of hydrogen-bond donors (Lipinski definition) is 2. The number of sulfonamides is 1. The van der Waals surface area contributed by atoms with E-state index in [0.29, 0.717) is 24.5 Å². The largest absolute Gasteiger partial charge is 0.330 e. The zero-order valence-corrected chi connectivity index (χ0v) is 10.5. The Labute approximate surface area is 105 Å². The van der Waals surface area contributed by atoms with Crippen molar-refractivity contribution in [2.75, 3.05) is 6.54 Å². The van der Waals surface area contributed by atoms with Gasteiger partial charge in [0.25, 0.3) is 0 Å². The molecule has 0 spiro atoms. The third-order valence-electron chi connectivity index (χ3n) is 2.52. The summed E-state index contributed by atoms with van der Waals surface area (Å²) in [5.74, 6) is 0.702. The average Bonchev–Trinajstić information content (AvgIpc) is 2.77. The highest BCUT2D eigenvalue weighted by atomic mass is 32.2. The second kappa shape index (κ2) is 4.89. The Kier molecular flexibility index (Phi) is 3.46. The molecule has 0 fully saturated rings. The molecule has 0 saturated heterocycles. The molecule has 0 radical (unpaired) electrons. The van der Waals surface area contributed by atoms with Crippen LogP contribution in [0.2, 0.25) is 0 Å². The van der Waals surface area contributed by atoms with Gasteiger partial charge in [-0.3, -0.25) is 0 Å². The van der Waals surface area contributed by atoms with E-state index in [1.54, 1.807) is 35.2 Å². The Morgan fingerprint density at radius 3 is 2.67 bits per heavy atom. The molecule has 4 N–H and O–H groups in total. The average molecular weight is 266 g/mol. The maximum Gasteiger partial charge on any atom is 0.240 e. The Balaban J connectivity index is 2.61. The highest BCUT2D eigenvalue weighted by Gasteiger charge is 2.16. The number of nitrogens with two attached hydrogens (primary N) is 2.